The van der Waals surface area contributed by atoms with Gasteiger partial charge in [0.2, 0.25) is 0 Å². The first-order chi connectivity index (χ1) is 10.1. The Morgan fingerprint density at radius 2 is 1.95 bits per heavy atom. The number of phenols is 1. The lowest BCUT2D eigenvalue weighted by Crippen LogP contribution is -2.46. The highest BCUT2D eigenvalue weighted by Crippen LogP contribution is 2.40. The van der Waals surface area contributed by atoms with Crippen LogP contribution < -0.4 is 0 Å². The number of phenolic OH excluding ortho intramolecular Hbond substituents is 1. The molecule has 21 heavy (non-hydrogen) atoms. The molecule has 2 N–H and O–H groups in total. The minimum atomic E-state index is -0.932. The van der Waals surface area contributed by atoms with Crippen LogP contribution in [-0.2, 0) is 4.79 Å². The molecule has 2 fully saturated rings. The van der Waals surface area contributed by atoms with E-state index in [1.807, 2.05) is 0 Å². The SMILES string of the molecule is O=C(O)C1CC2CCCCC2N1C(=O)c1cccc(O)c1. The number of aromatic hydroxyl groups is 1. The first-order valence-corrected chi connectivity index (χ1v) is 7.42. The number of benzene rings is 1. The second-order valence-corrected chi connectivity index (χ2v) is 5.96. The predicted octanol–water partition coefficient (Wildman–Crippen LogP) is 2.25. The van der Waals surface area contributed by atoms with E-state index in [2.05, 4.69) is 0 Å². The van der Waals surface area contributed by atoms with Crippen molar-refractivity contribution in [2.75, 3.05) is 0 Å². The molecule has 1 heterocycles. The van der Waals surface area contributed by atoms with Crippen molar-refractivity contribution in [1.82, 2.24) is 4.90 Å². The number of nitrogens with zero attached hydrogens (tertiary/aromatic N) is 1. The molecule has 1 aromatic carbocycles. The van der Waals surface area contributed by atoms with Gasteiger partial charge < -0.3 is 15.1 Å². The molecule has 1 aromatic rings. The standard InChI is InChI=1S/C16H19NO4/c18-12-6-3-5-11(8-12)15(19)17-13-7-2-1-4-10(13)9-14(17)16(20)21/h3,5-6,8,10,13-14,18H,1-2,4,7,9H2,(H,20,21). The molecule has 1 saturated carbocycles. The Morgan fingerprint density at radius 1 is 1.19 bits per heavy atom. The van der Waals surface area contributed by atoms with E-state index >= 15 is 0 Å². The van der Waals surface area contributed by atoms with Gasteiger partial charge in [-0.05, 0) is 43.4 Å². The second kappa shape index (κ2) is 5.39. The van der Waals surface area contributed by atoms with Crippen molar-refractivity contribution in [2.45, 2.75) is 44.2 Å². The van der Waals surface area contributed by atoms with Crippen LogP contribution in [0.1, 0.15) is 42.5 Å². The highest BCUT2D eigenvalue weighted by Gasteiger charge is 2.47. The van der Waals surface area contributed by atoms with E-state index in [0.717, 1.165) is 25.7 Å². The largest absolute Gasteiger partial charge is 0.508 e. The van der Waals surface area contributed by atoms with Gasteiger partial charge in [-0.2, -0.15) is 0 Å². The minimum absolute atomic E-state index is 0.0205. The van der Waals surface area contributed by atoms with Crippen molar-refractivity contribution in [1.29, 1.82) is 0 Å². The number of aliphatic carboxylic acids is 1. The van der Waals surface area contributed by atoms with Crippen LogP contribution >= 0.6 is 0 Å². The van der Waals surface area contributed by atoms with Crippen molar-refractivity contribution in [3.8, 4) is 5.75 Å². The van der Waals surface area contributed by atoms with Crippen molar-refractivity contribution >= 4 is 11.9 Å². The summed E-state index contributed by atoms with van der Waals surface area (Å²) in [4.78, 5) is 25.8. The average Bonchev–Trinajstić information content (AvgIpc) is 2.86. The van der Waals surface area contributed by atoms with Gasteiger partial charge in [-0.15, -0.1) is 0 Å². The van der Waals surface area contributed by atoms with Gasteiger partial charge in [-0.25, -0.2) is 4.79 Å². The van der Waals surface area contributed by atoms with Gasteiger partial charge in [0.25, 0.3) is 5.91 Å². The summed E-state index contributed by atoms with van der Waals surface area (Å²) in [5.74, 6) is -0.904. The summed E-state index contributed by atoms with van der Waals surface area (Å²) in [6.45, 7) is 0. The lowest BCUT2D eigenvalue weighted by atomic mass is 9.84. The van der Waals surface area contributed by atoms with E-state index in [-0.39, 0.29) is 17.7 Å². The normalized spacial score (nSPS) is 28.2. The minimum Gasteiger partial charge on any atom is -0.508 e. The summed E-state index contributed by atoms with van der Waals surface area (Å²) in [7, 11) is 0. The Labute approximate surface area is 123 Å². The van der Waals surface area contributed by atoms with E-state index in [1.165, 1.54) is 12.1 Å². The number of carbonyl (C=O) groups is 2. The van der Waals surface area contributed by atoms with Gasteiger partial charge in [-0.1, -0.05) is 18.9 Å². The van der Waals surface area contributed by atoms with Crippen LogP contribution in [0.3, 0.4) is 0 Å². The summed E-state index contributed by atoms with van der Waals surface area (Å²) in [6.07, 6.45) is 4.57. The number of rotatable bonds is 2. The number of carboxylic acid groups (broad SMARTS) is 1. The molecule has 5 nitrogen and oxygen atoms in total. The number of carbonyl (C=O) groups excluding carboxylic acids is 1. The quantitative estimate of drug-likeness (QED) is 0.875. The Bertz CT molecular complexity index is 571. The molecule has 1 saturated heterocycles. The third kappa shape index (κ3) is 2.48. The number of fused-ring (bicyclic) bond motifs is 1. The summed E-state index contributed by atoms with van der Waals surface area (Å²) < 4.78 is 0. The third-order valence-electron chi connectivity index (χ3n) is 4.70. The van der Waals surface area contributed by atoms with Crippen LogP contribution in [0.4, 0.5) is 0 Å². The molecule has 0 radical (unpaired) electrons. The second-order valence-electron chi connectivity index (χ2n) is 5.96. The number of hydrogen-bond acceptors (Lipinski definition) is 3. The Morgan fingerprint density at radius 3 is 2.67 bits per heavy atom. The summed E-state index contributed by atoms with van der Waals surface area (Å²) >= 11 is 0. The number of likely N-dealkylation sites (tertiary alicyclic amines) is 1. The molecule has 3 unspecified atom stereocenters. The fourth-order valence-electron chi connectivity index (χ4n) is 3.76. The van der Waals surface area contributed by atoms with Gasteiger partial charge in [-0.3, -0.25) is 4.79 Å². The van der Waals surface area contributed by atoms with Crippen molar-refractivity contribution in [2.24, 2.45) is 5.92 Å². The zero-order valence-electron chi connectivity index (χ0n) is 11.7. The maximum Gasteiger partial charge on any atom is 0.326 e. The van der Waals surface area contributed by atoms with E-state index in [0.29, 0.717) is 17.9 Å². The molecular formula is C16H19NO4. The van der Waals surface area contributed by atoms with Crippen molar-refractivity contribution in [3.05, 3.63) is 29.8 Å². The highest BCUT2D eigenvalue weighted by atomic mass is 16.4. The maximum absolute atomic E-state index is 12.7. The molecule has 112 valence electrons. The molecule has 0 spiro atoms. The molecule has 5 heteroatoms. The first kappa shape index (κ1) is 13.9. The van der Waals surface area contributed by atoms with Crippen LogP contribution in [-0.4, -0.2) is 39.1 Å². The van der Waals surface area contributed by atoms with Crippen LogP contribution in [0.25, 0.3) is 0 Å². The zero-order valence-corrected chi connectivity index (χ0v) is 11.7. The fourth-order valence-corrected chi connectivity index (χ4v) is 3.76. The first-order valence-electron chi connectivity index (χ1n) is 7.42. The molecule has 3 rings (SSSR count). The van der Waals surface area contributed by atoms with E-state index < -0.39 is 12.0 Å². The number of carboxylic acids is 1. The van der Waals surface area contributed by atoms with E-state index in [4.69, 9.17) is 0 Å². The summed E-state index contributed by atoms with van der Waals surface area (Å²) in [6, 6.07) is 5.41. The molecule has 2 aliphatic rings. The van der Waals surface area contributed by atoms with Crippen molar-refractivity contribution in [3.63, 3.8) is 0 Å². The number of amides is 1. The third-order valence-corrected chi connectivity index (χ3v) is 4.70. The predicted molar refractivity (Wildman–Crippen MR) is 76.1 cm³/mol. The molecule has 0 aromatic heterocycles. The van der Waals surface area contributed by atoms with Crippen LogP contribution in [0.2, 0.25) is 0 Å². The Balaban J connectivity index is 1.92. The lowest BCUT2D eigenvalue weighted by molar-refractivity contribution is -0.141. The van der Waals surface area contributed by atoms with Gasteiger partial charge >= 0.3 is 5.97 Å². The number of hydrogen-bond donors (Lipinski definition) is 2. The van der Waals surface area contributed by atoms with Crippen molar-refractivity contribution < 1.29 is 19.8 Å². The van der Waals surface area contributed by atoms with Crippen LogP contribution in [0, 0.1) is 5.92 Å². The Kier molecular flexibility index (Phi) is 3.57. The fraction of sp³-hybridized carbons (Fsp3) is 0.500. The van der Waals surface area contributed by atoms with Gasteiger partial charge in [0.05, 0.1) is 0 Å². The van der Waals surface area contributed by atoms with E-state index in [1.54, 1.807) is 17.0 Å². The lowest BCUT2D eigenvalue weighted by Gasteiger charge is -2.33. The van der Waals surface area contributed by atoms with Crippen LogP contribution in [0.15, 0.2) is 24.3 Å². The van der Waals surface area contributed by atoms with Gasteiger partial charge in [0, 0.05) is 11.6 Å². The molecular weight excluding hydrogens is 270 g/mol. The molecule has 1 amide bonds. The highest BCUT2D eigenvalue weighted by molar-refractivity contribution is 5.97. The molecule has 1 aliphatic heterocycles. The van der Waals surface area contributed by atoms with Gasteiger partial charge in [0.15, 0.2) is 0 Å². The topological polar surface area (TPSA) is 77.8 Å². The van der Waals surface area contributed by atoms with Crippen LogP contribution in [0.5, 0.6) is 5.75 Å². The molecule has 1 aliphatic carbocycles. The zero-order chi connectivity index (χ0) is 15.0. The smallest absolute Gasteiger partial charge is 0.326 e. The monoisotopic (exact) mass is 289 g/mol. The summed E-state index contributed by atoms with van der Waals surface area (Å²) in [5, 5.41) is 19.0. The molecule has 3 atom stereocenters. The van der Waals surface area contributed by atoms with Gasteiger partial charge in [0.1, 0.15) is 11.8 Å². The average molecular weight is 289 g/mol. The summed E-state index contributed by atoms with van der Waals surface area (Å²) in [5.41, 5.74) is 0.354. The molecule has 0 bridgehead atoms. The maximum atomic E-state index is 12.7. The Hall–Kier alpha value is -2.04. The van der Waals surface area contributed by atoms with E-state index in [9.17, 15) is 19.8 Å².